The number of nitrogens with zero attached hydrogens (tertiary/aromatic N) is 5. The number of benzene rings is 1. The van der Waals surface area contributed by atoms with E-state index in [4.69, 9.17) is 9.97 Å². The summed E-state index contributed by atoms with van der Waals surface area (Å²) in [7, 11) is 5.78. The van der Waals surface area contributed by atoms with Gasteiger partial charge in [-0.3, -0.25) is 9.78 Å². The molecule has 7 nitrogen and oxygen atoms in total. The number of piperidine rings is 1. The third kappa shape index (κ3) is 4.26. The van der Waals surface area contributed by atoms with Gasteiger partial charge in [0.15, 0.2) is 0 Å². The van der Waals surface area contributed by atoms with Gasteiger partial charge in [-0.2, -0.15) is 0 Å². The number of nitrogens with one attached hydrogen (secondary N) is 1. The van der Waals surface area contributed by atoms with Crippen molar-refractivity contribution in [3.8, 4) is 0 Å². The molecule has 0 aliphatic carbocycles. The Morgan fingerprint density at radius 1 is 1.10 bits per heavy atom. The monoisotopic (exact) mass is 404 g/mol. The van der Waals surface area contributed by atoms with Crippen LogP contribution in [0, 0.1) is 0 Å². The fourth-order valence-electron chi connectivity index (χ4n) is 3.89. The summed E-state index contributed by atoms with van der Waals surface area (Å²) in [5.74, 6) is 2.08. The molecule has 0 unspecified atom stereocenters. The van der Waals surface area contributed by atoms with Gasteiger partial charge in [0.2, 0.25) is 0 Å². The van der Waals surface area contributed by atoms with Gasteiger partial charge in [-0.05, 0) is 44.1 Å². The molecule has 156 valence electrons. The minimum Gasteiger partial charge on any atom is -0.363 e. The second-order valence-electron chi connectivity index (χ2n) is 8.03. The number of amides is 1. The van der Waals surface area contributed by atoms with E-state index in [2.05, 4.69) is 10.3 Å². The Kier molecular flexibility index (Phi) is 5.90. The fraction of sp³-hybridized carbons (Fsp3) is 0.391. The van der Waals surface area contributed by atoms with Gasteiger partial charge < -0.3 is 15.1 Å². The Morgan fingerprint density at radius 3 is 2.67 bits per heavy atom. The molecule has 3 heterocycles. The first-order chi connectivity index (χ1) is 14.5. The smallest absolute Gasteiger partial charge is 0.254 e. The zero-order valence-electron chi connectivity index (χ0n) is 17.8. The molecule has 1 N–H and O–H groups in total. The van der Waals surface area contributed by atoms with Gasteiger partial charge >= 0.3 is 0 Å². The third-order valence-corrected chi connectivity index (χ3v) is 5.57. The lowest BCUT2D eigenvalue weighted by Gasteiger charge is -2.24. The zero-order chi connectivity index (χ0) is 21.1. The number of carbonyl (C=O) groups excluding carboxylic acids is 1. The predicted octanol–water partition coefficient (Wildman–Crippen LogP) is 2.83. The lowest BCUT2D eigenvalue weighted by molar-refractivity contribution is 0.0785. The van der Waals surface area contributed by atoms with Crippen molar-refractivity contribution >= 4 is 22.6 Å². The van der Waals surface area contributed by atoms with Crippen LogP contribution in [0.2, 0.25) is 0 Å². The molecule has 1 saturated heterocycles. The highest BCUT2D eigenvalue weighted by Gasteiger charge is 2.21. The number of fused-ring (bicyclic) bond motifs is 1. The number of pyridine rings is 1. The molecular weight excluding hydrogens is 376 g/mol. The van der Waals surface area contributed by atoms with Gasteiger partial charge in [-0.1, -0.05) is 12.1 Å². The van der Waals surface area contributed by atoms with Crippen LogP contribution in [0.1, 0.15) is 40.6 Å². The molecule has 1 aliphatic rings. The van der Waals surface area contributed by atoms with Crippen molar-refractivity contribution in [1.29, 1.82) is 0 Å². The Morgan fingerprint density at radius 2 is 1.90 bits per heavy atom. The van der Waals surface area contributed by atoms with E-state index in [-0.39, 0.29) is 5.91 Å². The van der Waals surface area contributed by atoms with Crippen molar-refractivity contribution in [2.75, 3.05) is 39.1 Å². The first-order valence-electron chi connectivity index (χ1n) is 10.4. The zero-order valence-corrected chi connectivity index (χ0v) is 17.8. The molecule has 0 atom stereocenters. The number of rotatable bonds is 5. The van der Waals surface area contributed by atoms with Gasteiger partial charge in [0.25, 0.3) is 5.91 Å². The van der Waals surface area contributed by atoms with Crippen LogP contribution in [0.4, 0.5) is 5.82 Å². The summed E-state index contributed by atoms with van der Waals surface area (Å²) in [5.41, 5.74) is 2.34. The molecule has 1 fully saturated rings. The van der Waals surface area contributed by atoms with Crippen molar-refractivity contribution in [1.82, 2.24) is 25.2 Å². The van der Waals surface area contributed by atoms with E-state index in [0.717, 1.165) is 54.2 Å². The lowest BCUT2D eigenvalue weighted by atomic mass is 9.97. The lowest BCUT2D eigenvalue weighted by Crippen LogP contribution is -2.29. The molecule has 1 aromatic carbocycles. The molecule has 0 spiro atoms. The van der Waals surface area contributed by atoms with Gasteiger partial charge in [0.1, 0.15) is 11.6 Å². The van der Waals surface area contributed by atoms with E-state index in [1.54, 1.807) is 11.1 Å². The highest BCUT2D eigenvalue weighted by molar-refractivity contribution is 6.05. The van der Waals surface area contributed by atoms with Crippen LogP contribution in [0.15, 0.2) is 42.6 Å². The average molecular weight is 405 g/mol. The van der Waals surface area contributed by atoms with Crippen molar-refractivity contribution in [3.05, 3.63) is 59.7 Å². The molecule has 7 heteroatoms. The summed E-state index contributed by atoms with van der Waals surface area (Å²) in [6, 6.07) is 11.4. The predicted molar refractivity (Wildman–Crippen MR) is 119 cm³/mol. The normalized spacial score (nSPS) is 14.6. The summed E-state index contributed by atoms with van der Waals surface area (Å²) in [4.78, 5) is 30.9. The van der Waals surface area contributed by atoms with Crippen LogP contribution in [0.3, 0.4) is 0 Å². The largest absolute Gasteiger partial charge is 0.363 e. The first-order valence-corrected chi connectivity index (χ1v) is 10.4. The summed E-state index contributed by atoms with van der Waals surface area (Å²) in [5, 5.41) is 4.26. The van der Waals surface area contributed by atoms with E-state index < -0.39 is 0 Å². The number of anilines is 1. The maximum atomic E-state index is 13.2. The number of aromatic nitrogens is 3. The summed E-state index contributed by atoms with van der Waals surface area (Å²) in [6.07, 6.45) is 3.81. The Bertz CT molecular complexity index is 1040. The number of hydrogen-bond acceptors (Lipinski definition) is 6. The molecular formula is C23H28N6O. The molecule has 1 amide bonds. The molecule has 0 radical (unpaired) electrons. The summed E-state index contributed by atoms with van der Waals surface area (Å²) < 4.78 is 0. The van der Waals surface area contributed by atoms with Crippen LogP contribution in [0.25, 0.3) is 10.9 Å². The summed E-state index contributed by atoms with van der Waals surface area (Å²) >= 11 is 0. The SMILES string of the molecule is CN(Cc1cc(N(C)C)nc(C2CCNCC2)n1)C(=O)c1cccc2ncccc12. The van der Waals surface area contributed by atoms with E-state index in [9.17, 15) is 4.79 Å². The third-order valence-electron chi connectivity index (χ3n) is 5.57. The number of hydrogen-bond donors (Lipinski definition) is 1. The first kappa shape index (κ1) is 20.2. The van der Waals surface area contributed by atoms with E-state index in [1.165, 1.54) is 0 Å². The summed E-state index contributed by atoms with van der Waals surface area (Å²) in [6.45, 7) is 2.41. The van der Waals surface area contributed by atoms with E-state index >= 15 is 0 Å². The molecule has 4 rings (SSSR count). The van der Waals surface area contributed by atoms with E-state index in [1.807, 2.05) is 62.4 Å². The van der Waals surface area contributed by atoms with Crippen molar-refractivity contribution < 1.29 is 4.79 Å². The second kappa shape index (κ2) is 8.75. The molecule has 0 saturated carbocycles. The van der Waals surface area contributed by atoms with Crippen LogP contribution in [-0.4, -0.2) is 60.0 Å². The second-order valence-corrected chi connectivity index (χ2v) is 8.03. The standard InChI is InChI=1S/C23H28N6O/c1-28(2)21-14-17(26-22(27-21)16-9-12-24-13-10-16)15-29(3)23(30)19-6-4-8-20-18(19)7-5-11-25-20/h4-8,11,14,16,24H,9-10,12-13,15H2,1-3H3. The van der Waals surface area contributed by atoms with Gasteiger partial charge in [0, 0.05) is 50.3 Å². The molecule has 1 aliphatic heterocycles. The van der Waals surface area contributed by atoms with Crippen LogP contribution < -0.4 is 10.2 Å². The molecule has 0 bridgehead atoms. The average Bonchev–Trinajstić information content (AvgIpc) is 2.78. The van der Waals surface area contributed by atoms with Crippen molar-refractivity contribution in [2.45, 2.75) is 25.3 Å². The highest BCUT2D eigenvalue weighted by Crippen LogP contribution is 2.25. The van der Waals surface area contributed by atoms with Crippen LogP contribution >= 0.6 is 0 Å². The van der Waals surface area contributed by atoms with E-state index in [0.29, 0.717) is 18.0 Å². The highest BCUT2D eigenvalue weighted by atomic mass is 16.2. The van der Waals surface area contributed by atoms with Gasteiger partial charge in [0.05, 0.1) is 17.8 Å². The maximum absolute atomic E-state index is 13.2. The quantitative estimate of drug-likeness (QED) is 0.705. The molecule has 2 aromatic heterocycles. The minimum absolute atomic E-state index is 0.0398. The Labute approximate surface area is 177 Å². The Balaban J connectivity index is 1.60. The van der Waals surface area contributed by atoms with Gasteiger partial charge in [-0.15, -0.1) is 0 Å². The maximum Gasteiger partial charge on any atom is 0.254 e. The fourth-order valence-corrected chi connectivity index (χ4v) is 3.89. The van der Waals surface area contributed by atoms with Crippen LogP contribution in [0.5, 0.6) is 0 Å². The Hall–Kier alpha value is -3.06. The number of carbonyl (C=O) groups is 1. The van der Waals surface area contributed by atoms with Crippen molar-refractivity contribution in [2.24, 2.45) is 0 Å². The topological polar surface area (TPSA) is 74.2 Å². The minimum atomic E-state index is -0.0398. The molecule has 30 heavy (non-hydrogen) atoms. The van der Waals surface area contributed by atoms with Gasteiger partial charge in [-0.25, -0.2) is 9.97 Å². The molecule has 3 aromatic rings. The van der Waals surface area contributed by atoms with Crippen LogP contribution in [-0.2, 0) is 6.54 Å². The van der Waals surface area contributed by atoms with Crippen molar-refractivity contribution in [3.63, 3.8) is 0 Å².